The fourth-order valence-electron chi connectivity index (χ4n) is 2.80. The van der Waals surface area contributed by atoms with Crippen molar-refractivity contribution in [2.45, 2.75) is 13.3 Å². The van der Waals surface area contributed by atoms with Gasteiger partial charge in [0.1, 0.15) is 17.1 Å². The second kappa shape index (κ2) is 8.23. The predicted octanol–water partition coefficient (Wildman–Crippen LogP) is 3.39. The van der Waals surface area contributed by atoms with Gasteiger partial charge >= 0.3 is 5.97 Å². The highest BCUT2D eigenvalue weighted by Crippen LogP contribution is 2.30. The molecule has 0 aliphatic heterocycles. The Bertz CT molecular complexity index is 1080. The topological polar surface area (TPSA) is 98.3 Å². The number of nitrogens with zero attached hydrogens (tertiary/aromatic N) is 2. The van der Waals surface area contributed by atoms with Crippen LogP contribution < -0.4 is 10.5 Å². The largest absolute Gasteiger partial charge is 0.496 e. The zero-order chi connectivity index (χ0) is 20.1. The smallest absolute Gasteiger partial charge is 0.339 e. The molecule has 0 unspecified atom stereocenters. The highest BCUT2D eigenvalue weighted by Gasteiger charge is 2.14. The van der Waals surface area contributed by atoms with E-state index in [1.165, 1.54) is 13.2 Å². The minimum Gasteiger partial charge on any atom is -0.496 e. The molecule has 0 saturated heterocycles. The standard InChI is InChI=1S/C22H19N3O3/c1-3-19-17(7-4-14-5-9-21(23)25-13-14)16(10-11-24-19)15-6-8-18(22(26)27)20(12-15)28-2/h5-6,8-13H,3H2,1-2H3,(H2,23,25)(H,26,27). The Morgan fingerprint density at radius 1 is 1.18 bits per heavy atom. The van der Waals surface area contributed by atoms with Crippen LogP contribution in [-0.4, -0.2) is 28.2 Å². The maximum absolute atomic E-state index is 11.4. The van der Waals surface area contributed by atoms with Gasteiger partial charge < -0.3 is 15.6 Å². The molecule has 0 fully saturated rings. The number of carboxylic acid groups (broad SMARTS) is 1. The molecule has 2 heterocycles. The maximum atomic E-state index is 11.4. The second-order valence-electron chi connectivity index (χ2n) is 5.98. The lowest BCUT2D eigenvalue weighted by Crippen LogP contribution is -2.01. The summed E-state index contributed by atoms with van der Waals surface area (Å²) < 4.78 is 5.25. The van der Waals surface area contributed by atoms with E-state index in [1.807, 2.05) is 19.1 Å². The number of aryl methyl sites for hydroxylation is 1. The molecule has 28 heavy (non-hydrogen) atoms. The third-order valence-corrected chi connectivity index (χ3v) is 4.23. The van der Waals surface area contributed by atoms with Crippen LogP contribution in [-0.2, 0) is 6.42 Å². The fraction of sp³-hybridized carbons (Fsp3) is 0.136. The number of rotatable bonds is 4. The number of aromatic nitrogens is 2. The Labute approximate surface area is 163 Å². The summed E-state index contributed by atoms with van der Waals surface area (Å²) >= 11 is 0. The number of carboxylic acids is 1. The number of carbonyl (C=O) groups is 1. The first-order valence-electron chi connectivity index (χ1n) is 8.66. The van der Waals surface area contributed by atoms with Crippen molar-refractivity contribution in [2.24, 2.45) is 0 Å². The zero-order valence-electron chi connectivity index (χ0n) is 15.6. The summed E-state index contributed by atoms with van der Waals surface area (Å²) in [6.07, 6.45) is 4.05. The molecule has 0 aliphatic carbocycles. The van der Waals surface area contributed by atoms with Gasteiger partial charge in [0.05, 0.1) is 18.4 Å². The number of methoxy groups -OCH3 is 1. The Balaban J connectivity index is 2.13. The van der Waals surface area contributed by atoms with Crippen LogP contribution >= 0.6 is 0 Å². The molecular weight excluding hydrogens is 354 g/mol. The summed E-state index contributed by atoms with van der Waals surface area (Å²) in [7, 11) is 1.45. The molecule has 0 spiro atoms. The number of anilines is 1. The molecule has 3 N–H and O–H groups in total. The normalized spacial score (nSPS) is 10.1. The van der Waals surface area contributed by atoms with Gasteiger partial charge in [-0.25, -0.2) is 9.78 Å². The number of nitrogens with two attached hydrogens (primary N) is 1. The van der Waals surface area contributed by atoms with E-state index in [4.69, 9.17) is 10.5 Å². The van der Waals surface area contributed by atoms with Crippen molar-refractivity contribution in [3.63, 3.8) is 0 Å². The molecule has 6 nitrogen and oxygen atoms in total. The van der Waals surface area contributed by atoms with Crippen molar-refractivity contribution in [2.75, 3.05) is 12.8 Å². The van der Waals surface area contributed by atoms with Gasteiger partial charge in [-0.05, 0) is 42.3 Å². The number of pyridine rings is 2. The van der Waals surface area contributed by atoms with E-state index in [-0.39, 0.29) is 5.56 Å². The minimum atomic E-state index is -1.04. The second-order valence-corrected chi connectivity index (χ2v) is 5.98. The molecule has 0 saturated carbocycles. The highest BCUT2D eigenvalue weighted by molar-refractivity contribution is 5.92. The Kier molecular flexibility index (Phi) is 5.56. The molecule has 140 valence electrons. The fourth-order valence-corrected chi connectivity index (χ4v) is 2.80. The molecule has 0 radical (unpaired) electrons. The van der Waals surface area contributed by atoms with Crippen LogP contribution in [0.25, 0.3) is 11.1 Å². The third-order valence-electron chi connectivity index (χ3n) is 4.23. The van der Waals surface area contributed by atoms with Gasteiger partial charge in [0.2, 0.25) is 0 Å². The molecule has 0 bridgehead atoms. The third kappa shape index (κ3) is 3.94. The van der Waals surface area contributed by atoms with E-state index in [0.717, 1.165) is 27.9 Å². The van der Waals surface area contributed by atoms with Gasteiger partial charge in [-0.2, -0.15) is 0 Å². The molecule has 1 aromatic carbocycles. The number of hydrogen-bond donors (Lipinski definition) is 2. The zero-order valence-corrected chi connectivity index (χ0v) is 15.6. The first-order valence-corrected chi connectivity index (χ1v) is 8.66. The number of hydrogen-bond acceptors (Lipinski definition) is 5. The Morgan fingerprint density at radius 2 is 2.00 bits per heavy atom. The monoisotopic (exact) mass is 373 g/mol. The van der Waals surface area contributed by atoms with Crippen LogP contribution in [0.3, 0.4) is 0 Å². The van der Waals surface area contributed by atoms with Crippen molar-refractivity contribution in [1.29, 1.82) is 0 Å². The Hall–Kier alpha value is -3.85. The quantitative estimate of drug-likeness (QED) is 0.680. The van der Waals surface area contributed by atoms with Gasteiger partial charge in [-0.15, -0.1) is 0 Å². The Morgan fingerprint density at radius 3 is 2.64 bits per heavy atom. The van der Waals surface area contributed by atoms with Gasteiger partial charge in [0.15, 0.2) is 0 Å². The van der Waals surface area contributed by atoms with Gasteiger partial charge in [0.25, 0.3) is 0 Å². The van der Waals surface area contributed by atoms with Crippen molar-refractivity contribution in [1.82, 2.24) is 9.97 Å². The van der Waals surface area contributed by atoms with E-state index < -0.39 is 5.97 Å². The average molecular weight is 373 g/mol. The first kappa shape index (κ1) is 18.9. The van der Waals surface area contributed by atoms with Crippen LogP contribution in [0, 0.1) is 11.8 Å². The number of aromatic carboxylic acids is 1. The van der Waals surface area contributed by atoms with Gasteiger partial charge in [-0.1, -0.05) is 24.8 Å². The van der Waals surface area contributed by atoms with Gasteiger partial charge in [0, 0.05) is 23.5 Å². The molecule has 0 atom stereocenters. The molecule has 2 aromatic heterocycles. The lowest BCUT2D eigenvalue weighted by molar-refractivity contribution is 0.0693. The summed E-state index contributed by atoms with van der Waals surface area (Å²) in [4.78, 5) is 19.8. The minimum absolute atomic E-state index is 0.108. The van der Waals surface area contributed by atoms with Gasteiger partial charge in [-0.3, -0.25) is 4.98 Å². The summed E-state index contributed by atoms with van der Waals surface area (Å²) in [5.74, 6) is 5.98. The first-order chi connectivity index (χ1) is 13.5. The van der Waals surface area contributed by atoms with Crippen LogP contribution in [0.1, 0.15) is 34.1 Å². The SMILES string of the molecule is CCc1nccc(-c2ccc(C(=O)O)c(OC)c2)c1C#Cc1ccc(N)nc1. The molecule has 6 heteroatoms. The van der Waals surface area contributed by atoms with Crippen LogP contribution in [0.2, 0.25) is 0 Å². The van der Waals surface area contributed by atoms with Crippen LogP contribution in [0.5, 0.6) is 5.75 Å². The summed E-state index contributed by atoms with van der Waals surface area (Å²) in [5, 5.41) is 9.30. The average Bonchev–Trinajstić information content (AvgIpc) is 2.72. The predicted molar refractivity (Wildman–Crippen MR) is 107 cm³/mol. The van der Waals surface area contributed by atoms with Crippen molar-refractivity contribution in [3.8, 4) is 28.7 Å². The number of ether oxygens (including phenoxy) is 1. The maximum Gasteiger partial charge on any atom is 0.339 e. The number of nitrogen functional groups attached to an aromatic ring is 1. The lowest BCUT2D eigenvalue weighted by Gasteiger charge is -2.11. The van der Waals surface area contributed by atoms with Crippen LogP contribution in [0.4, 0.5) is 5.82 Å². The van der Waals surface area contributed by atoms with E-state index in [9.17, 15) is 9.90 Å². The molecule has 3 aromatic rings. The molecular formula is C22H19N3O3. The summed E-state index contributed by atoms with van der Waals surface area (Å²) in [6.45, 7) is 2.01. The number of benzene rings is 1. The lowest BCUT2D eigenvalue weighted by atomic mass is 9.97. The van der Waals surface area contributed by atoms with Crippen molar-refractivity contribution < 1.29 is 14.6 Å². The molecule has 0 amide bonds. The van der Waals surface area contributed by atoms with Crippen molar-refractivity contribution in [3.05, 3.63) is 71.2 Å². The summed E-state index contributed by atoms with van der Waals surface area (Å²) in [5.41, 5.74) is 9.77. The van der Waals surface area contributed by atoms with E-state index in [2.05, 4.69) is 21.8 Å². The van der Waals surface area contributed by atoms with E-state index in [1.54, 1.807) is 30.6 Å². The van der Waals surface area contributed by atoms with E-state index in [0.29, 0.717) is 18.0 Å². The molecule has 0 aliphatic rings. The van der Waals surface area contributed by atoms with Crippen molar-refractivity contribution >= 4 is 11.8 Å². The van der Waals surface area contributed by atoms with E-state index >= 15 is 0 Å². The molecule has 3 rings (SSSR count). The highest BCUT2D eigenvalue weighted by atomic mass is 16.5. The van der Waals surface area contributed by atoms with Crippen LogP contribution in [0.15, 0.2) is 48.8 Å². The summed E-state index contributed by atoms with van der Waals surface area (Å²) in [6, 6.07) is 10.3.